The van der Waals surface area contributed by atoms with E-state index in [0.717, 1.165) is 17.1 Å². The topological polar surface area (TPSA) is 49.4 Å². The normalized spacial score (nSPS) is 9.93. The quantitative estimate of drug-likeness (QED) is 0.685. The van der Waals surface area contributed by atoms with Gasteiger partial charge in [0.1, 0.15) is 5.75 Å². The minimum Gasteiger partial charge on any atom is -0.549 e. The van der Waals surface area contributed by atoms with Crippen LogP contribution in [0.5, 0.6) is 5.75 Å². The molecule has 0 radical (unpaired) electrons. The van der Waals surface area contributed by atoms with E-state index in [4.69, 9.17) is 4.74 Å². The average molecular weight is 225 g/mol. The van der Waals surface area contributed by atoms with Gasteiger partial charge in [0.2, 0.25) is 0 Å². The molecule has 0 spiro atoms. The molecule has 0 heterocycles. The molecular weight excluding hydrogens is 212 g/mol. The molecule has 4 heteroatoms. The number of aliphatic carboxylic acids is 1. The van der Waals surface area contributed by atoms with Gasteiger partial charge in [-0.15, -0.1) is 11.8 Å². The molecule has 0 aromatic heterocycles. The Morgan fingerprint density at radius 2 is 2.07 bits per heavy atom. The number of carboxylic acids is 1. The lowest BCUT2D eigenvalue weighted by Crippen LogP contribution is -2.24. The van der Waals surface area contributed by atoms with Crippen molar-refractivity contribution in [3.63, 3.8) is 0 Å². The van der Waals surface area contributed by atoms with Crippen molar-refractivity contribution in [1.29, 1.82) is 0 Å². The van der Waals surface area contributed by atoms with Crippen LogP contribution in [0.25, 0.3) is 0 Å². The number of rotatable bonds is 6. The van der Waals surface area contributed by atoms with Crippen LogP contribution < -0.4 is 9.84 Å². The fraction of sp³-hybridized carbons (Fsp3) is 0.364. The zero-order valence-electron chi connectivity index (χ0n) is 8.56. The molecule has 0 unspecified atom stereocenters. The van der Waals surface area contributed by atoms with Crippen molar-refractivity contribution >= 4 is 17.7 Å². The lowest BCUT2D eigenvalue weighted by atomic mass is 10.3. The monoisotopic (exact) mass is 225 g/mol. The first-order valence-corrected chi connectivity index (χ1v) is 5.76. The van der Waals surface area contributed by atoms with Crippen molar-refractivity contribution in [2.24, 2.45) is 0 Å². The highest BCUT2D eigenvalue weighted by atomic mass is 32.2. The second-order valence-electron chi connectivity index (χ2n) is 2.98. The number of hydrogen-bond acceptors (Lipinski definition) is 4. The Hall–Kier alpha value is -1.16. The van der Waals surface area contributed by atoms with E-state index in [2.05, 4.69) is 0 Å². The fourth-order valence-corrected chi connectivity index (χ4v) is 1.61. The zero-order chi connectivity index (χ0) is 11.1. The van der Waals surface area contributed by atoms with Crippen LogP contribution in [0.2, 0.25) is 0 Å². The third kappa shape index (κ3) is 4.74. The first-order chi connectivity index (χ1) is 7.22. The molecule has 1 aromatic rings. The predicted octanol–water partition coefficient (Wildman–Crippen LogP) is 1.32. The molecule has 15 heavy (non-hydrogen) atoms. The summed E-state index contributed by atoms with van der Waals surface area (Å²) in [6, 6.07) is 7.37. The molecule has 0 aliphatic heterocycles. The summed E-state index contributed by atoms with van der Waals surface area (Å²) in [5, 5.41) is 10.2. The van der Waals surface area contributed by atoms with E-state index >= 15 is 0 Å². The van der Waals surface area contributed by atoms with E-state index in [-0.39, 0.29) is 5.75 Å². The Labute approximate surface area is 93.4 Å². The van der Waals surface area contributed by atoms with E-state index < -0.39 is 5.97 Å². The molecule has 3 nitrogen and oxygen atoms in total. The number of ether oxygens (including phenoxy) is 1. The molecular formula is C11H13O3S-. The van der Waals surface area contributed by atoms with Crippen LogP contribution in [-0.4, -0.2) is 18.3 Å². The van der Waals surface area contributed by atoms with Crippen molar-refractivity contribution in [3.8, 4) is 5.75 Å². The highest BCUT2D eigenvalue weighted by Gasteiger charge is 1.96. The molecule has 0 saturated carbocycles. The lowest BCUT2D eigenvalue weighted by Gasteiger charge is -2.06. The summed E-state index contributed by atoms with van der Waals surface area (Å²) in [6.07, 6.45) is 0.973. The number of hydrogen-bond donors (Lipinski definition) is 0. The molecule has 0 aliphatic rings. The second-order valence-corrected chi connectivity index (χ2v) is 4.03. The Morgan fingerprint density at radius 3 is 2.60 bits per heavy atom. The molecule has 0 atom stereocenters. The van der Waals surface area contributed by atoms with Gasteiger partial charge in [0.15, 0.2) is 0 Å². The minimum atomic E-state index is -1.05. The Morgan fingerprint density at radius 1 is 1.40 bits per heavy atom. The maximum Gasteiger partial charge on any atom is 0.119 e. The van der Waals surface area contributed by atoms with Crippen LogP contribution in [0.15, 0.2) is 29.2 Å². The van der Waals surface area contributed by atoms with Crippen molar-refractivity contribution in [1.82, 2.24) is 0 Å². The van der Waals surface area contributed by atoms with E-state index in [1.807, 2.05) is 31.2 Å². The molecule has 0 N–H and O–H groups in total. The molecule has 1 aromatic carbocycles. The SMILES string of the molecule is CCCOc1ccc(SCC(=O)[O-])cc1. The summed E-state index contributed by atoms with van der Waals surface area (Å²) in [6.45, 7) is 2.75. The van der Waals surface area contributed by atoms with Crippen LogP contribution in [0.4, 0.5) is 0 Å². The van der Waals surface area contributed by atoms with Crippen LogP contribution in [0.3, 0.4) is 0 Å². The molecule has 82 valence electrons. The zero-order valence-corrected chi connectivity index (χ0v) is 9.38. The average Bonchev–Trinajstić information content (AvgIpc) is 2.25. The largest absolute Gasteiger partial charge is 0.549 e. The molecule has 1 rings (SSSR count). The van der Waals surface area contributed by atoms with E-state index in [9.17, 15) is 9.90 Å². The third-order valence-corrected chi connectivity index (χ3v) is 2.64. The number of thioether (sulfide) groups is 1. The number of benzene rings is 1. The highest BCUT2D eigenvalue weighted by molar-refractivity contribution is 8.00. The third-order valence-electron chi connectivity index (χ3n) is 1.65. The van der Waals surface area contributed by atoms with Gasteiger partial charge in [-0.3, -0.25) is 0 Å². The lowest BCUT2D eigenvalue weighted by molar-refractivity contribution is -0.301. The van der Waals surface area contributed by atoms with Crippen LogP contribution in [-0.2, 0) is 4.79 Å². The van der Waals surface area contributed by atoms with Gasteiger partial charge < -0.3 is 14.6 Å². The summed E-state index contributed by atoms with van der Waals surface area (Å²) in [5.41, 5.74) is 0. The smallest absolute Gasteiger partial charge is 0.119 e. The number of carbonyl (C=O) groups excluding carboxylic acids is 1. The summed E-state index contributed by atoms with van der Waals surface area (Å²) < 4.78 is 5.40. The second kappa shape index (κ2) is 6.35. The number of carboxylic acid groups (broad SMARTS) is 1. The van der Waals surface area contributed by atoms with Crippen LogP contribution in [0, 0.1) is 0 Å². The summed E-state index contributed by atoms with van der Waals surface area (Å²) >= 11 is 1.24. The van der Waals surface area contributed by atoms with Gasteiger partial charge in [0, 0.05) is 10.6 Å². The molecule has 0 fully saturated rings. The Balaban J connectivity index is 2.45. The number of carbonyl (C=O) groups is 1. The van der Waals surface area contributed by atoms with Crippen molar-refractivity contribution in [2.45, 2.75) is 18.2 Å². The van der Waals surface area contributed by atoms with Crippen molar-refractivity contribution in [2.75, 3.05) is 12.4 Å². The summed E-state index contributed by atoms with van der Waals surface area (Å²) in [7, 11) is 0. The minimum absolute atomic E-state index is 0.0187. The van der Waals surface area contributed by atoms with Gasteiger partial charge in [-0.1, -0.05) is 6.92 Å². The predicted molar refractivity (Wildman–Crippen MR) is 58.0 cm³/mol. The fourth-order valence-electron chi connectivity index (χ4n) is 0.994. The van der Waals surface area contributed by atoms with Gasteiger partial charge in [0.05, 0.1) is 12.6 Å². The van der Waals surface area contributed by atoms with Gasteiger partial charge in [0.25, 0.3) is 0 Å². The van der Waals surface area contributed by atoms with Crippen molar-refractivity contribution in [3.05, 3.63) is 24.3 Å². The molecule has 0 amide bonds. The van der Waals surface area contributed by atoms with Gasteiger partial charge >= 0.3 is 0 Å². The standard InChI is InChI=1S/C11H14O3S/c1-2-7-14-9-3-5-10(6-4-9)15-8-11(12)13/h3-6H,2,7-8H2,1H3,(H,12,13)/p-1. The van der Waals surface area contributed by atoms with Gasteiger partial charge in [-0.2, -0.15) is 0 Å². The van der Waals surface area contributed by atoms with E-state index in [1.165, 1.54) is 11.8 Å². The maximum atomic E-state index is 10.2. The molecule has 0 bridgehead atoms. The van der Waals surface area contributed by atoms with Crippen LogP contribution >= 0.6 is 11.8 Å². The Kier molecular flexibility index (Phi) is 5.04. The van der Waals surface area contributed by atoms with E-state index in [0.29, 0.717) is 6.61 Å². The first kappa shape index (κ1) is 11.9. The van der Waals surface area contributed by atoms with Crippen molar-refractivity contribution < 1.29 is 14.6 Å². The summed E-state index contributed by atoms with van der Waals surface area (Å²) in [5.74, 6) is -0.254. The Bertz CT molecular complexity index is 308. The van der Waals surface area contributed by atoms with E-state index in [1.54, 1.807) is 0 Å². The first-order valence-electron chi connectivity index (χ1n) is 4.78. The molecule has 0 aliphatic carbocycles. The summed E-state index contributed by atoms with van der Waals surface area (Å²) in [4.78, 5) is 11.1. The highest BCUT2D eigenvalue weighted by Crippen LogP contribution is 2.20. The van der Waals surface area contributed by atoms with Crippen LogP contribution in [0.1, 0.15) is 13.3 Å². The molecule has 0 saturated heterocycles. The maximum absolute atomic E-state index is 10.2. The van der Waals surface area contributed by atoms with Gasteiger partial charge in [-0.25, -0.2) is 0 Å². The van der Waals surface area contributed by atoms with Gasteiger partial charge in [-0.05, 0) is 30.7 Å².